The average molecular weight is 187 g/mol. The third-order valence-corrected chi connectivity index (χ3v) is 2.28. The predicted octanol–water partition coefficient (Wildman–Crippen LogP) is -0.889. The van der Waals surface area contributed by atoms with Gasteiger partial charge >= 0.3 is 6.03 Å². The summed E-state index contributed by atoms with van der Waals surface area (Å²) in [7, 11) is 0. The largest absolute Gasteiger partial charge is 0.395 e. The summed E-state index contributed by atoms with van der Waals surface area (Å²) in [6, 6.07) is -0.109. The number of primary amides is 1. The molecule has 1 fully saturated rings. The maximum absolute atomic E-state index is 10.9. The third-order valence-electron chi connectivity index (χ3n) is 2.28. The van der Waals surface area contributed by atoms with Crippen molar-refractivity contribution in [2.24, 2.45) is 5.73 Å². The van der Waals surface area contributed by atoms with Crippen LogP contribution < -0.4 is 11.1 Å². The quantitative estimate of drug-likeness (QED) is 0.534. The minimum atomic E-state index is -0.456. The molecule has 0 spiro atoms. The van der Waals surface area contributed by atoms with Gasteiger partial charge in [0.05, 0.1) is 6.61 Å². The Kier molecular flexibility index (Phi) is 3.98. The van der Waals surface area contributed by atoms with Crippen molar-refractivity contribution in [2.45, 2.75) is 18.9 Å². The first kappa shape index (κ1) is 10.3. The second kappa shape index (κ2) is 5.04. The summed E-state index contributed by atoms with van der Waals surface area (Å²) >= 11 is 0. The summed E-state index contributed by atoms with van der Waals surface area (Å²) < 4.78 is 0. The molecule has 13 heavy (non-hydrogen) atoms. The van der Waals surface area contributed by atoms with Crippen LogP contribution in [0.3, 0.4) is 0 Å². The number of carbonyl (C=O) groups excluding carboxylic acids is 1. The zero-order valence-electron chi connectivity index (χ0n) is 7.70. The minimum absolute atomic E-state index is 0.0321. The number of nitrogens with one attached hydrogen (secondary N) is 1. The van der Waals surface area contributed by atoms with Crippen molar-refractivity contribution in [2.75, 3.05) is 26.2 Å². The Balaban J connectivity index is 2.32. The molecule has 1 aliphatic rings. The maximum atomic E-state index is 10.9. The fraction of sp³-hybridized carbons (Fsp3) is 0.875. The van der Waals surface area contributed by atoms with E-state index < -0.39 is 6.03 Å². The lowest BCUT2D eigenvalue weighted by Gasteiger charge is -2.22. The first-order valence-corrected chi connectivity index (χ1v) is 4.62. The van der Waals surface area contributed by atoms with Crippen LogP contribution >= 0.6 is 0 Å². The molecular weight excluding hydrogens is 170 g/mol. The Labute approximate surface area is 77.9 Å². The molecule has 1 unspecified atom stereocenters. The van der Waals surface area contributed by atoms with Crippen LogP contribution in [0.15, 0.2) is 0 Å². The van der Waals surface area contributed by atoms with Crippen LogP contribution in [-0.2, 0) is 0 Å². The van der Waals surface area contributed by atoms with E-state index in [2.05, 4.69) is 5.32 Å². The molecule has 0 aromatic carbocycles. The molecule has 76 valence electrons. The van der Waals surface area contributed by atoms with E-state index in [-0.39, 0.29) is 6.61 Å². The van der Waals surface area contributed by atoms with Gasteiger partial charge in [0, 0.05) is 19.1 Å². The normalized spacial score (nSPS) is 21.8. The first-order chi connectivity index (χ1) is 6.24. The van der Waals surface area contributed by atoms with Gasteiger partial charge in [0.1, 0.15) is 0 Å². The molecule has 5 nitrogen and oxygen atoms in total. The summed E-state index contributed by atoms with van der Waals surface area (Å²) in [6.45, 7) is 1.91. The Morgan fingerprint density at radius 3 is 2.92 bits per heavy atom. The Morgan fingerprint density at radius 1 is 1.69 bits per heavy atom. The summed E-state index contributed by atoms with van der Waals surface area (Å²) in [5.41, 5.74) is 5.15. The second-order valence-electron chi connectivity index (χ2n) is 3.30. The molecule has 1 rings (SSSR count). The topological polar surface area (TPSA) is 78.6 Å². The summed E-state index contributed by atoms with van der Waals surface area (Å²) in [5.74, 6) is 0. The van der Waals surface area contributed by atoms with Crippen molar-refractivity contribution in [1.29, 1.82) is 0 Å². The number of aliphatic hydroxyl groups is 1. The highest BCUT2D eigenvalue weighted by Crippen LogP contribution is 2.06. The lowest BCUT2D eigenvalue weighted by atomic mass is 10.2. The van der Waals surface area contributed by atoms with Crippen LogP contribution in [0, 0.1) is 0 Å². The van der Waals surface area contributed by atoms with Crippen LogP contribution in [-0.4, -0.2) is 48.3 Å². The Hall–Kier alpha value is -0.810. The van der Waals surface area contributed by atoms with E-state index in [0.717, 1.165) is 19.4 Å². The van der Waals surface area contributed by atoms with Gasteiger partial charge < -0.3 is 21.1 Å². The van der Waals surface area contributed by atoms with Crippen LogP contribution in [0.1, 0.15) is 12.8 Å². The van der Waals surface area contributed by atoms with Crippen LogP contribution in [0.5, 0.6) is 0 Å². The van der Waals surface area contributed by atoms with Crippen LogP contribution in [0.2, 0.25) is 0 Å². The number of nitrogens with two attached hydrogens (primary N) is 1. The summed E-state index contributed by atoms with van der Waals surface area (Å²) in [5, 5.41) is 12.0. The maximum Gasteiger partial charge on any atom is 0.314 e. The summed E-state index contributed by atoms with van der Waals surface area (Å²) in [6.07, 6.45) is 2.23. The smallest absolute Gasteiger partial charge is 0.314 e. The Bertz CT molecular complexity index is 169. The molecule has 0 bridgehead atoms. The number of hydrogen-bond donors (Lipinski definition) is 3. The first-order valence-electron chi connectivity index (χ1n) is 4.62. The SMILES string of the molecule is NC(=O)N(CCO)CC1CCCN1. The lowest BCUT2D eigenvalue weighted by Crippen LogP contribution is -2.44. The van der Waals surface area contributed by atoms with Gasteiger partial charge in [0.2, 0.25) is 0 Å². The molecule has 1 saturated heterocycles. The molecule has 0 aromatic heterocycles. The molecular formula is C8H17N3O2. The molecule has 0 aliphatic carbocycles. The van der Waals surface area contributed by atoms with Crippen molar-refractivity contribution in [1.82, 2.24) is 10.2 Å². The molecule has 2 amide bonds. The van der Waals surface area contributed by atoms with Gasteiger partial charge in [0.25, 0.3) is 0 Å². The highest BCUT2D eigenvalue weighted by molar-refractivity contribution is 5.72. The van der Waals surface area contributed by atoms with E-state index in [1.807, 2.05) is 0 Å². The molecule has 0 radical (unpaired) electrons. The molecule has 0 aromatic rings. The highest BCUT2D eigenvalue weighted by atomic mass is 16.3. The summed E-state index contributed by atoms with van der Waals surface area (Å²) in [4.78, 5) is 12.4. The van der Waals surface area contributed by atoms with Crippen molar-refractivity contribution in [3.63, 3.8) is 0 Å². The van der Waals surface area contributed by atoms with Crippen molar-refractivity contribution >= 4 is 6.03 Å². The van der Waals surface area contributed by atoms with E-state index in [4.69, 9.17) is 10.8 Å². The average Bonchev–Trinajstić information content (AvgIpc) is 2.56. The van der Waals surface area contributed by atoms with Gasteiger partial charge in [-0.25, -0.2) is 4.79 Å². The number of carbonyl (C=O) groups is 1. The van der Waals surface area contributed by atoms with Gasteiger partial charge in [0.15, 0.2) is 0 Å². The number of amides is 2. The highest BCUT2D eigenvalue weighted by Gasteiger charge is 2.19. The zero-order chi connectivity index (χ0) is 9.68. The van der Waals surface area contributed by atoms with Crippen LogP contribution in [0.25, 0.3) is 0 Å². The number of hydrogen-bond acceptors (Lipinski definition) is 3. The van der Waals surface area contributed by atoms with E-state index in [1.54, 1.807) is 0 Å². The standard InChI is InChI=1S/C8H17N3O2/c9-8(13)11(4-5-12)6-7-2-1-3-10-7/h7,10,12H,1-6H2,(H2,9,13). The lowest BCUT2D eigenvalue weighted by molar-refractivity contribution is 0.179. The van der Waals surface area contributed by atoms with Gasteiger partial charge in [-0.2, -0.15) is 0 Å². The number of urea groups is 1. The molecule has 5 heteroatoms. The molecule has 1 aliphatic heterocycles. The van der Waals surface area contributed by atoms with Crippen molar-refractivity contribution < 1.29 is 9.90 Å². The van der Waals surface area contributed by atoms with Crippen molar-refractivity contribution in [3.8, 4) is 0 Å². The molecule has 4 N–H and O–H groups in total. The Morgan fingerprint density at radius 2 is 2.46 bits per heavy atom. The third kappa shape index (κ3) is 3.20. The van der Waals surface area contributed by atoms with Gasteiger partial charge in [-0.3, -0.25) is 0 Å². The number of nitrogens with zero attached hydrogens (tertiary/aromatic N) is 1. The number of aliphatic hydroxyl groups excluding tert-OH is 1. The minimum Gasteiger partial charge on any atom is -0.395 e. The fourth-order valence-electron chi connectivity index (χ4n) is 1.59. The fourth-order valence-corrected chi connectivity index (χ4v) is 1.59. The van der Waals surface area contributed by atoms with Gasteiger partial charge in [-0.1, -0.05) is 0 Å². The molecule has 0 saturated carbocycles. The van der Waals surface area contributed by atoms with Crippen molar-refractivity contribution in [3.05, 3.63) is 0 Å². The van der Waals surface area contributed by atoms with E-state index >= 15 is 0 Å². The number of rotatable bonds is 4. The zero-order valence-corrected chi connectivity index (χ0v) is 7.70. The second-order valence-corrected chi connectivity index (χ2v) is 3.30. The monoisotopic (exact) mass is 187 g/mol. The molecule has 1 atom stereocenters. The van der Waals surface area contributed by atoms with Gasteiger partial charge in [-0.15, -0.1) is 0 Å². The van der Waals surface area contributed by atoms with E-state index in [1.165, 1.54) is 4.90 Å². The van der Waals surface area contributed by atoms with Crippen LogP contribution in [0.4, 0.5) is 4.79 Å². The predicted molar refractivity (Wildman–Crippen MR) is 49.3 cm³/mol. The van der Waals surface area contributed by atoms with E-state index in [9.17, 15) is 4.79 Å². The van der Waals surface area contributed by atoms with E-state index in [0.29, 0.717) is 19.1 Å². The molecule has 1 heterocycles. The van der Waals surface area contributed by atoms with Gasteiger partial charge in [-0.05, 0) is 19.4 Å².